The lowest BCUT2D eigenvalue weighted by molar-refractivity contribution is -0.117. The topological polar surface area (TPSA) is 120 Å². The van der Waals surface area contributed by atoms with Crippen molar-refractivity contribution in [3.8, 4) is 5.69 Å². The highest BCUT2D eigenvalue weighted by atomic mass is 35.5. The van der Waals surface area contributed by atoms with Gasteiger partial charge in [0.1, 0.15) is 11.5 Å². The minimum atomic E-state index is -0.507. The van der Waals surface area contributed by atoms with Crippen LogP contribution in [0.4, 0.5) is 0 Å². The first kappa shape index (κ1) is 18.3. The SMILES string of the molecule is Cc1nn(C)c(Cl)c1/C=C/C(=O)NNC(=O)c1ccc(-n2cnnn2)cc1. The molecule has 0 saturated carbocycles. The first-order chi connectivity index (χ1) is 13.0. The van der Waals surface area contributed by atoms with E-state index in [4.69, 9.17) is 11.6 Å². The number of nitrogens with one attached hydrogen (secondary N) is 2. The summed E-state index contributed by atoms with van der Waals surface area (Å²) in [5, 5.41) is 15.4. The van der Waals surface area contributed by atoms with Crippen LogP contribution in [0.1, 0.15) is 21.6 Å². The van der Waals surface area contributed by atoms with Crippen LogP contribution >= 0.6 is 11.6 Å². The molecule has 1 aromatic carbocycles. The summed E-state index contributed by atoms with van der Waals surface area (Å²) < 4.78 is 2.97. The maximum absolute atomic E-state index is 12.1. The van der Waals surface area contributed by atoms with E-state index in [2.05, 4.69) is 31.5 Å². The molecule has 0 aliphatic heterocycles. The zero-order chi connectivity index (χ0) is 19.4. The maximum Gasteiger partial charge on any atom is 0.269 e. The highest BCUT2D eigenvalue weighted by Gasteiger charge is 2.09. The molecule has 0 bridgehead atoms. The van der Waals surface area contributed by atoms with Gasteiger partial charge in [0.15, 0.2) is 0 Å². The Morgan fingerprint density at radius 2 is 1.93 bits per heavy atom. The molecule has 3 aromatic rings. The van der Waals surface area contributed by atoms with Gasteiger partial charge < -0.3 is 0 Å². The molecule has 138 valence electrons. The van der Waals surface area contributed by atoms with E-state index in [0.29, 0.717) is 27.7 Å². The minimum Gasteiger partial charge on any atom is -0.268 e. The number of aromatic nitrogens is 6. The van der Waals surface area contributed by atoms with E-state index in [-0.39, 0.29) is 0 Å². The average molecular weight is 387 g/mol. The molecule has 0 spiro atoms. The van der Waals surface area contributed by atoms with Crippen LogP contribution in [0.25, 0.3) is 11.8 Å². The van der Waals surface area contributed by atoms with Gasteiger partial charge >= 0.3 is 0 Å². The number of halogens is 1. The van der Waals surface area contributed by atoms with E-state index in [1.807, 2.05) is 0 Å². The second-order valence-corrected chi connectivity index (χ2v) is 5.85. The second kappa shape index (κ2) is 7.79. The summed E-state index contributed by atoms with van der Waals surface area (Å²) in [6.45, 7) is 1.78. The van der Waals surface area contributed by atoms with Crippen molar-refractivity contribution >= 4 is 29.5 Å². The van der Waals surface area contributed by atoms with Crippen molar-refractivity contribution < 1.29 is 9.59 Å². The lowest BCUT2D eigenvalue weighted by Crippen LogP contribution is -2.40. The summed E-state index contributed by atoms with van der Waals surface area (Å²) in [5.41, 5.74) is 7.03. The van der Waals surface area contributed by atoms with Crippen LogP contribution in [-0.2, 0) is 11.8 Å². The molecule has 0 fully saturated rings. The number of benzene rings is 1. The number of hydrazine groups is 1. The number of nitrogens with zero attached hydrogens (tertiary/aromatic N) is 6. The molecule has 3 rings (SSSR count). The smallest absolute Gasteiger partial charge is 0.268 e. The standard InChI is InChI=1S/C16H15ClN8O2/c1-10-13(15(17)24(2)21-10)7-8-14(26)19-20-16(27)11-3-5-12(6-4-11)25-9-18-22-23-25/h3-9H,1-2H3,(H,19,26)(H,20,27)/b8-7+. The summed E-state index contributed by atoms with van der Waals surface area (Å²) >= 11 is 6.09. The molecule has 2 N–H and O–H groups in total. The molecule has 0 unspecified atom stereocenters. The van der Waals surface area contributed by atoms with Gasteiger partial charge in [-0.3, -0.25) is 25.1 Å². The van der Waals surface area contributed by atoms with Crippen LogP contribution < -0.4 is 10.9 Å². The molecule has 0 aliphatic carbocycles. The molecule has 2 heterocycles. The van der Waals surface area contributed by atoms with E-state index in [1.165, 1.54) is 27.8 Å². The zero-order valence-corrected chi connectivity index (χ0v) is 15.2. The summed E-state index contributed by atoms with van der Waals surface area (Å²) in [5.74, 6) is -0.969. The van der Waals surface area contributed by atoms with Gasteiger partial charge in [-0.05, 0) is 47.7 Å². The van der Waals surface area contributed by atoms with Gasteiger partial charge in [-0.25, -0.2) is 4.68 Å². The number of aryl methyl sites for hydroxylation is 2. The molecule has 11 heteroatoms. The Hall–Kier alpha value is -3.53. The molecule has 27 heavy (non-hydrogen) atoms. The molecule has 0 radical (unpaired) electrons. The summed E-state index contributed by atoms with van der Waals surface area (Å²) in [6, 6.07) is 6.54. The summed E-state index contributed by atoms with van der Waals surface area (Å²) in [7, 11) is 1.71. The van der Waals surface area contributed by atoms with E-state index >= 15 is 0 Å². The zero-order valence-electron chi connectivity index (χ0n) is 14.4. The van der Waals surface area contributed by atoms with Crippen LogP contribution in [0.2, 0.25) is 5.15 Å². The van der Waals surface area contributed by atoms with E-state index in [1.54, 1.807) is 38.2 Å². The fourth-order valence-corrected chi connectivity index (χ4v) is 2.51. The lowest BCUT2D eigenvalue weighted by atomic mass is 10.2. The highest BCUT2D eigenvalue weighted by Crippen LogP contribution is 2.19. The number of tetrazole rings is 1. The van der Waals surface area contributed by atoms with E-state index in [0.717, 1.165) is 0 Å². The lowest BCUT2D eigenvalue weighted by Gasteiger charge is -2.06. The largest absolute Gasteiger partial charge is 0.269 e. The van der Waals surface area contributed by atoms with Crippen LogP contribution in [0.15, 0.2) is 36.7 Å². The molecule has 0 atom stereocenters. The van der Waals surface area contributed by atoms with Crippen molar-refractivity contribution in [3.63, 3.8) is 0 Å². The third-order valence-corrected chi connectivity index (χ3v) is 4.09. The number of carbonyl (C=O) groups excluding carboxylic acids is 2. The van der Waals surface area contributed by atoms with E-state index in [9.17, 15) is 9.59 Å². The first-order valence-corrected chi connectivity index (χ1v) is 8.14. The van der Waals surface area contributed by atoms with Crippen molar-refractivity contribution in [2.75, 3.05) is 0 Å². The average Bonchev–Trinajstić information content (AvgIpc) is 3.28. The Kier molecular flexibility index (Phi) is 5.27. The Morgan fingerprint density at radius 3 is 2.52 bits per heavy atom. The quantitative estimate of drug-likeness (QED) is 0.506. The normalized spacial score (nSPS) is 10.9. The minimum absolute atomic E-state index is 0.363. The second-order valence-electron chi connectivity index (χ2n) is 5.49. The van der Waals surface area contributed by atoms with Crippen molar-refractivity contribution in [2.45, 2.75) is 6.92 Å². The maximum atomic E-state index is 12.1. The monoisotopic (exact) mass is 386 g/mol. The molecule has 10 nitrogen and oxygen atoms in total. The molecular weight excluding hydrogens is 372 g/mol. The van der Waals surface area contributed by atoms with Crippen molar-refractivity contribution in [2.24, 2.45) is 7.05 Å². The number of rotatable bonds is 4. The van der Waals surface area contributed by atoms with Crippen LogP contribution in [0, 0.1) is 6.92 Å². The molecule has 0 aliphatic rings. The van der Waals surface area contributed by atoms with E-state index < -0.39 is 11.8 Å². The molecule has 0 saturated heterocycles. The van der Waals surface area contributed by atoms with Gasteiger partial charge in [-0.1, -0.05) is 11.6 Å². The summed E-state index contributed by atoms with van der Waals surface area (Å²) in [4.78, 5) is 24.0. The van der Waals surface area contributed by atoms with Gasteiger partial charge in [-0.2, -0.15) is 5.10 Å². The number of hydrogen-bond acceptors (Lipinski definition) is 6. The van der Waals surface area contributed by atoms with Gasteiger partial charge in [0.25, 0.3) is 11.8 Å². The molecule has 2 amide bonds. The Balaban J connectivity index is 1.57. The van der Waals surface area contributed by atoms with Crippen molar-refractivity contribution in [1.82, 2.24) is 40.8 Å². The van der Waals surface area contributed by atoms with Gasteiger partial charge in [0.2, 0.25) is 0 Å². The third kappa shape index (κ3) is 4.18. The predicted molar refractivity (Wildman–Crippen MR) is 96.8 cm³/mol. The Labute approximate surface area is 158 Å². The predicted octanol–water partition coefficient (Wildman–Crippen LogP) is 0.832. The molecule has 2 aromatic heterocycles. The number of carbonyl (C=O) groups is 2. The fourth-order valence-electron chi connectivity index (χ4n) is 2.27. The van der Waals surface area contributed by atoms with Crippen LogP contribution in [0.5, 0.6) is 0 Å². The first-order valence-electron chi connectivity index (χ1n) is 7.76. The van der Waals surface area contributed by atoms with Gasteiger partial charge in [0.05, 0.1) is 11.4 Å². The van der Waals surface area contributed by atoms with Crippen LogP contribution in [0.3, 0.4) is 0 Å². The highest BCUT2D eigenvalue weighted by molar-refractivity contribution is 6.31. The Morgan fingerprint density at radius 1 is 1.19 bits per heavy atom. The Bertz CT molecular complexity index is 992. The van der Waals surface area contributed by atoms with Crippen molar-refractivity contribution in [3.05, 3.63) is 58.6 Å². The molecular formula is C16H15ClN8O2. The third-order valence-electron chi connectivity index (χ3n) is 3.64. The number of hydrogen-bond donors (Lipinski definition) is 2. The van der Waals surface area contributed by atoms with Crippen molar-refractivity contribution in [1.29, 1.82) is 0 Å². The summed E-state index contributed by atoms with van der Waals surface area (Å²) in [6.07, 6.45) is 4.24. The van der Waals surface area contributed by atoms with Gasteiger partial charge in [0, 0.05) is 24.3 Å². The van der Waals surface area contributed by atoms with Gasteiger partial charge in [-0.15, -0.1) is 5.10 Å². The fraction of sp³-hybridized carbons (Fsp3) is 0.125. The van der Waals surface area contributed by atoms with Crippen LogP contribution in [-0.4, -0.2) is 41.8 Å². The number of amides is 2.